The van der Waals surface area contributed by atoms with Crippen LogP contribution in [0, 0.1) is 17.2 Å². The molecule has 1 heterocycles. The Balaban J connectivity index is 2.14. The number of aliphatic hydroxyl groups excluding tert-OH is 1. The van der Waals surface area contributed by atoms with Crippen molar-refractivity contribution in [1.82, 2.24) is 4.90 Å². The Morgan fingerprint density at radius 2 is 1.54 bits per heavy atom. The molecule has 0 aromatic heterocycles. The second-order valence-corrected chi connectivity index (χ2v) is 5.95. The molecular weight excluding hydrogens is 304 g/mol. The molecule has 1 amide bonds. The first-order valence-electron chi connectivity index (χ1n) is 7.76. The van der Waals surface area contributed by atoms with Crippen LogP contribution in [-0.2, 0) is 10.5 Å². The number of amides is 1. The maximum absolute atomic E-state index is 12.6. The van der Waals surface area contributed by atoms with E-state index < -0.39 is 29.7 Å². The van der Waals surface area contributed by atoms with Crippen molar-refractivity contribution in [3.8, 4) is 6.07 Å². The van der Waals surface area contributed by atoms with E-state index in [2.05, 4.69) is 0 Å². The van der Waals surface area contributed by atoms with Crippen LogP contribution in [-0.4, -0.2) is 33.2 Å². The third-order valence-corrected chi connectivity index (χ3v) is 4.49. The van der Waals surface area contributed by atoms with Gasteiger partial charge in [-0.2, -0.15) is 5.26 Å². The van der Waals surface area contributed by atoms with Crippen molar-refractivity contribution in [3.05, 3.63) is 71.8 Å². The summed E-state index contributed by atoms with van der Waals surface area (Å²) in [5.74, 6) is -1.26. The van der Waals surface area contributed by atoms with E-state index in [9.17, 15) is 20.3 Å². The maximum Gasteiger partial charge on any atom is 0.235 e. The lowest BCUT2D eigenvalue weighted by Crippen LogP contribution is -2.70. The number of likely N-dealkylation sites (tertiary alicyclic amines) is 1. The molecule has 2 N–H and O–H groups in total. The lowest BCUT2D eigenvalue weighted by molar-refractivity contribution is -0.196. The second-order valence-electron chi connectivity index (χ2n) is 5.95. The van der Waals surface area contributed by atoms with Crippen molar-refractivity contribution in [3.63, 3.8) is 0 Å². The van der Waals surface area contributed by atoms with Gasteiger partial charge in [-0.05, 0) is 6.92 Å². The Kier molecular flexibility index (Phi) is 4.10. The minimum Gasteiger partial charge on any atom is -0.392 e. The molecule has 5 heteroatoms. The monoisotopic (exact) mass is 322 g/mol. The third-order valence-electron chi connectivity index (χ3n) is 4.49. The van der Waals surface area contributed by atoms with Crippen LogP contribution in [0.25, 0.3) is 0 Å². The van der Waals surface area contributed by atoms with E-state index in [1.807, 2.05) is 18.2 Å². The Morgan fingerprint density at radius 3 is 1.92 bits per heavy atom. The number of aliphatic hydroxyl groups is 2. The Morgan fingerprint density at radius 1 is 1.08 bits per heavy atom. The van der Waals surface area contributed by atoms with E-state index in [1.54, 1.807) is 48.5 Å². The van der Waals surface area contributed by atoms with Gasteiger partial charge in [-0.3, -0.25) is 9.69 Å². The van der Waals surface area contributed by atoms with Gasteiger partial charge in [0.1, 0.15) is 6.04 Å². The first kappa shape index (κ1) is 16.2. The van der Waals surface area contributed by atoms with E-state index in [-0.39, 0.29) is 0 Å². The lowest BCUT2D eigenvalue weighted by Gasteiger charge is -2.53. The Bertz CT molecular complexity index is 729. The first-order chi connectivity index (χ1) is 11.5. The molecule has 0 aliphatic carbocycles. The zero-order chi connectivity index (χ0) is 17.3. The third kappa shape index (κ3) is 2.28. The molecule has 1 aliphatic heterocycles. The smallest absolute Gasteiger partial charge is 0.235 e. The molecule has 0 unspecified atom stereocenters. The largest absolute Gasteiger partial charge is 0.392 e. The molecule has 0 saturated carbocycles. The highest BCUT2D eigenvalue weighted by atomic mass is 16.3. The molecule has 2 aromatic rings. The number of carbonyl (C=O) groups is 1. The highest BCUT2D eigenvalue weighted by Crippen LogP contribution is 2.43. The molecule has 1 fully saturated rings. The summed E-state index contributed by atoms with van der Waals surface area (Å²) in [5, 5.41) is 30.8. The molecule has 24 heavy (non-hydrogen) atoms. The fourth-order valence-corrected chi connectivity index (χ4v) is 3.27. The first-order valence-corrected chi connectivity index (χ1v) is 7.76. The lowest BCUT2D eigenvalue weighted by atomic mass is 9.78. The summed E-state index contributed by atoms with van der Waals surface area (Å²) in [6.07, 6.45) is -0.950. The fraction of sp³-hybridized carbons (Fsp3) is 0.263. The van der Waals surface area contributed by atoms with Crippen LogP contribution in [0.2, 0.25) is 0 Å². The van der Waals surface area contributed by atoms with E-state index in [0.717, 1.165) is 4.90 Å². The van der Waals surface area contributed by atoms with Crippen LogP contribution < -0.4 is 0 Å². The highest BCUT2D eigenvalue weighted by molar-refractivity contribution is 5.89. The molecule has 0 spiro atoms. The van der Waals surface area contributed by atoms with Gasteiger partial charge in [-0.25, -0.2) is 0 Å². The second kappa shape index (κ2) is 6.08. The van der Waals surface area contributed by atoms with Gasteiger partial charge in [0.05, 0.1) is 18.1 Å². The molecule has 1 saturated heterocycles. The van der Waals surface area contributed by atoms with E-state index in [4.69, 9.17) is 0 Å². The maximum atomic E-state index is 12.6. The predicted octanol–water partition coefficient (Wildman–Crippen LogP) is 1.61. The average molecular weight is 322 g/mol. The number of β-lactam (4-membered cyclic amide) rings is 1. The summed E-state index contributed by atoms with van der Waals surface area (Å²) in [4.78, 5) is 13.8. The number of carbonyl (C=O) groups excluding carboxylic acids is 1. The van der Waals surface area contributed by atoms with Crippen LogP contribution in [0.5, 0.6) is 0 Å². The van der Waals surface area contributed by atoms with E-state index in [1.165, 1.54) is 6.92 Å². The zero-order valence-corrected chi connectivity index (χ0v) is 13.2. The van der Waals surface area contributed by atoms with Crippen LogP contribution in [0.4, 0.5) is 0 Å². The topological polar surface area (TPSA) is 84.6 Å². The number of hydrogen-bond acceptors (Lipinski definition) is 4. The summed E-state index contributed by atoms with van der Waals surface area (Å²) in [6.45, 7) is 1.48. The number of hydrogen-bond donors (Lipinski definition) is 2. The predicted molar refractivity (Wildman–Crippen MR) is 87.3 cm³/mol. The molecular formula is C19H18N2O3. The van der Waals surface area contributed by atoms with Gasteiger partial charge >= 0.3 is 0 Å². The molecule has 0 bridgehead atoms. The summed E-state index contributed by atoms with van der Waals surface area (Å²) in [7, 11) is 0. The summed E-state index contributed by atoms with van der Waals surface area (Å²) < 4.78 is 0. The summed E-state index contributed by atoms with van der Waals surface area (Å²) >= 11 is 0. The van der Waals surface area contributed by atoms with Crippen LogP contribution in [0.1, 0.15) is 18.1 Å². The summed E-state index contributed by atoms with van der Waals surface area (Å²) in [5.41, 5.74) is -0.770. The van der Waals surface area contributed by atoms with Gasteiger partial charge in [0.15, 0.2) is 5.72 Å². The molecule has 0 radical (unpaired) electrons. The van der Waals surface area contributed by atoms with Crippen LogP contribution in [0.3, 0.4) is 0 Å². The zero-order valence-electron chi connectivity index (χ0n) is 13.2. The van der Waals surface area contributed by atoms with Crippen LogP contribution in [0.15, 0.2) is 60.7 Å². The van der Waals surface area contributed by atoms with Crippen molar-refractivity contribution in [2.75, 3.05) is 0 Å². The van der Waals surface area contributed by atoms with Gasteiger partial charge in [0.25, 0.3) is 0 Å². The average Bonchev–Trinajstić information content (AvgIpc) is 2.60. The SMILES string of the molecule is C[C@@H](O)[C@H]1C(=O)N(C(O)(c2ccccc2)c2ccccc2)[C@@H]1C#N. The van der Waals surface area contributed by atoms with Gasteiger partial charge in [0.2, 0.25) is 5.91 Å². The molecule has 3 atom stereocenters. The van der Waals surface area contributed by atoms with Crippen molar-refractivity contribution in [1.29, 1.82) is 5.26 Å². The molecule has 3 rings (SSSR count). The van der Waals surface area contributed by atoms with Gasteiger partial charge in [0, 0.05) is 11.1 Å². The quantitative estimate of drug-likeness (QED) is 0.838. The summed E-state index contributed by atoms with van der Waals surface area (Å²) in [6, 6.07) is 18.7. The number of benzene rings is 2. The van der Waals surface area contributed by atoms with Crippen molar-refractivity contribution in [2.24, 2.45) is 5.92 Å². The normalized spacial score (nSPS) is 21.8. The minimum absolute atomic E-state index is 0.438. The fourth-order valence-electron chi connectivity index (χ4n) is 3.27. The van der Waals surface area contributed by atoms with Gasteiger partial charge < -0.3 is 10.2 Å². The van der Waals surface area contributed by atoms with Crippen molar-refractivity contribution < 1.29 is 15.0 Å². The standard InChI is InChI=1S/C19H18N2O3/c1-13(22)17-16(12-20)21(18(17)23)19(24,14-8-4-2-5-9-14)15-10-6-3-7-11-15/h2-11,13,16-17,22,24H,1H3/t13-,16-,17-/m1/s1. The molecule has 2 aromatic carbocycles. The number of nitrogens with zero attached hydrogens (tertiary/aromatic N) is 2. The number of nitriles is 1. The molecule has 1 aliphatic rings. The van der Waals surface area contributed by atoms with Gasteiger partial charge in [-0.15, -0.1) is 0 Å². The van der Waals surface area contributed by atoms with Gasteiger partial charge in [-0.1, -0.05) is 60.7 Å². The Hall–Kier alpha value is -2.68. The molecule has 122 valence electrons. The van der Waals surface area contributed by atoms with E-state index >= 15 is 0 Å². The van der Waals surface area contributed by atoms with Crippen LogP contribution >= 0.6 is 0 Å². The minimum atomic E-state index is -1.76. The molecule has 5 nitrogen and oxygen atoms in total. The van der Waals surface area contributed by atoms with Crippen molar-refractivity contribution >= 4 is 5.91 Å². The highest BCUT2D eigenvalue weighted by Gasteiger charge is 2.59. The van der Waals surface area contributed by atoms with E-state index in [0.29, 0.717) is 11.1 Å². The van der Waals surface area contributed by atoms with Crippen molar-refractivity contribution in [2.45, 2.75) is 24.8 Å². The number of rotatable bonds is 4. The Labute approximate surface area is 140 Å².